The number of hydrogen-bond donors (Lipinski definition) is 0. The lowest BCUT2D eigenvalue weighted by Gasteiger charge is -2.07. The first-order valence-electron chi connectivity index (χ1n) is 8.77. The molecule has 2 aromatic carbocycles. The van der Waals surface area contributed by atoms with Gasteiger partial charge in [-0.05, 0) is 61.9 Å². The average molecular weight is 370 g/mol. The molecular formula is C21H22O6. The van der Waals surface area contributed by atoms with Crippen molar-refractivity contribution in [2.24, 2.45) is 0 Å². The second kappa shape index (κ2) is 10.1. The van der Waals surface area contributed by atoms with Crippen LogP contribution in [0.1, 0.15) is 47.4 Å². The van der Waals surface area contributed by atoms with Crippen LogP contribution in [0.25, 0.3) is 0 Å². The Morgan fingerprint density at radius 1 is 0.815 bits per heavy atom. The van der Waals surface area contributed by atoms with Crippen molar-refractivity contribution in [3.63, 3.8) is 0 Å². The van der Waals surface area contributed by atoms with Crippen molar-refractivity contribution >= 4 is 17.7 Å². The molecule has 6 nitrogen and oxygen atoms in total. The summed E-state index contributed by atoms with van der Waals surface area (Å²) in [6.07, 6.45) is 0.585. The molecule has 0 aliphatic heterocycles. The predicted molar refractivity (Wildman–Crippen MR) is 99.2 cm³/mol. The van der Waals surface area contributed by atoms with Crippen molar-refractivity contribution in [2.45, 2.75) is 26.7 Å². The van der Waals surface area contributed by atoms with E-state index in [2.05, 4.69) is 0 Å². The van der Waals surface area contributed by atoms with E-state index in [9.17, 15) is 14.4 Å². The highest BCUT2D eigenvalue weighted by Crippen LogP contribution is 2.17. The number of hydrogen-bond acceptors (Lipinski definition) is 6. The summed E-state index contributed by atoms with van der Waals surface area (Å²) in [7, 11) is 0. The SMILES string of the molecule is CCCOc1ccc(C(=O)Oc2ccc(C(=O)CC(=O)OCC)cc2)cc1. The molecule has 0 radical (unpaired) electrons. The van der Waals surface area contributed by atoms with Gasteiger partial charge in [0.15, 0.2) is 5.78 Å². The van der Waals surface area contributed by atoms with Gasteiger partial charge in [0.05, 0.1) is 18.8 Å². The third-order valence-corrected chi connectivity index (χ3v) is 3.56. The van der Waals surface area contributed by atoms with Crippen LogP contribution in [0.5, 0.6) is 11.5 Å². The van der Waals surface area contributed by atoms with Crippen LogP contribution in [-0.4, -0.2) is 30.9 Å². The number of esters is 2. The third kappa shape index (κ3) is 6.26. The Hall–Kier alpha value is -3.15. The predicted octanol–water partition coefficient (Wildman–Crippen LogP) is 3.83. The molecule has 0 aliphatic carbocycles. The molecule has 0 unspecified atom stereocenters. The minimum Gasteiger partial charge on any atom is -0.494 e. The van der Waals surface area contributed by atoms with Crippen molar-refractivity contribution in [1.82, 2.24) is 0 Å². The highest BCUT2D eigenvalue weighted by molar-refractivity contribution is 6.06. The molecule has 0 saturated heterocycles. The molecule has 0 heterocycles. The summed E-state index contributed by atoms with van der Waals surface area (Å²) >= 11 is 0. The largest absolute Gasteiger partial charge is 0.494 e. The number of ether oxygens (including phenoxy) is 3. The number of rotatable bonds is 9. The van der Waals surface area contributed by atoms with Crippen molar-refractivity contribution < 1.29 is 28.6 Å². The molecule has 0 aliphatic rings. The summed E-state index contributed by atoms with van der Waals surface area (Å²) < 4.78 is 15.5. The maximum Gasteiger partial charge on any atom is 0.343 e. The number of carbonyl (C=O) groups is 3. The third-order valence-electron chi connectivity index (χ3n) is 3.56. The van der Waals surface area contributed by atoms with Crippen molar-refractivity contribution in [3.8, 4) is 11.5 Å². The second-order valence-electron chi connectivity index (χ2n) is 5.69. The van der Waals surface area contributed by atoms with Gasteiger partial charge in [0.2, 0.25) is 0 Å². The first kappa shape index (κ1) is 20.2. The van der Waals surface area contributed by atoms with Gasteiger partial charge in [-0.1, -0.05) is 6.92 Å². The molecule has 0 fully saturated rings. The molecule has 0 N–H and O–H groups in total. The number of ketones is 1. The monoisotopic (exact) mass is 370 g/mol. The van der Waals surface area contributed by atoms with Crippen molar-refractivity contribution in [2.75, 3.05) is 13.2 Å². The Bertz CT molecular complexity index is 777. The fraction of sp³-hybridized carbons (Fsp3) is 0.286. The maximum atomic E-state index is 12.2. The van der Waals surface area contributed by atoms with Crippen LogP contribution in [0.3, 0.4) is 0 Å². The topological polar surface area (TPSA) is 78.9 Å². The first-order valence-corrected chi connectivity index (χ1v) is 8.77. The maximum absolute atomic E-state index is 12.2. The normalized spacial score (nSPS) is 10.1. The Balaban J connectivity index is 1.94. The highest BCUT2D eigenvalue weighted by atomic mass is 16.5. The van der Waals surface area contributed by atoms with E-state index in [1.54, 1.807) is 31.2 Å². The lowest BCUT2D eigenvalue weighted by Crippen LogP contribution is -2.11. The van der Waals surface area contributed by atoms with Gasteiger partial charge in [-0.3, -0.25) is 9.59 Å². The van der Waals surface area contributed by atoms with Gasteiger partial charge >= 0.3 is 11.9 Å². The van der Waals surface area contributed by atoms with Gasteiger partial charge in [-0.15, -0.1) is 0 Å². The molecule has 2 rings (SSSR count). The molecule has 6 heteroatoms. The smallest absolute Gasteiger partial charge is 0.343 e. The van der Waals surface area contributed by atoms with Crippen molar-refractivity contribution in [3.05, 3.63) is 59.7 Å². The Morgan fingerprint density at radius 2 is 1.41 bits per heavy atom. The first-order chi connectivity index (χ1) is 13.0. The van der Waals surface area contributed by atoms with Crippen LogP contribution in [0, 0.1) is 0 Å². The van der Waals surface area contributed by atoms with E-state index in [0.29, 0.717) is 29.2 Å². The number of carbonyl (C=O) groups excluding carboxylic acids is 3. The molecule has 0 spiro atoms. The molecule has 2 aromatic rings. The Morgan fingerprint density at radius 3 is 2.00 bits per heavy atom. The van der Waals surface area contributed by atoms with Gasteiger partial charge < -0.3 is 14.2 Å². The van der Waals surface area contributed by atoms with Gasteiger partial charge in [0, 0.05) is 5.56 Å². The lowest BCUT2D eigenvalue weighted by atomic mass is 10.1. The van der Waals surface area contributed by atoms with Crippen LogP contribution in [-0.2, 0) is 9.53 Å². The minimum atomic E-state index is -0.565. The van der Waals surface area contributed by atoms with E-state index in [1.165, 1.54) is 24.3 Å². The van der Waals surface area contributed by atoms with E-state index in [4.69, 9.17) is 14.2 Å². The quantitative estimate of drug-likeness (QED) is 0.289. The average Bonchev–Trinajstić information content (AvgIpc) is 2.67. The van der Waals surface area contributed by atoms with Crippen LogP contribution in [0.2, 0.25) is 0 Å². The summed E-state index contributed by atoms with van der Waals surface area (Å²) in [6.45, 7) is 4.54. The molecule has 142 valence electrons. The van der Waals surface area contributed by atoms with Crippen LogP contribution >= 0.6 is 0 Å². The highest BCUT2D eigenvalue weighted by Gasteiger charge is 2.14. The fourth-order valence-corrected chi connectivity index (χ4v) is 2.23. The fourth-order valence-electron chi connectivity index (χ4n) is 2.23. The Labute approximate surface area is 158 Å². The molecule has 0 saturated carbocycles. The number of benzene rings is 2. The summed E-state index contributed by atoms with van der Waals surface area (Å²) in [6, 6.07) is 12.7. The summed E-state index contributed by atoms with van der Waals surface area (Å²) in [5.74, 6) is -0.433. The zero-order valence-electron chi connectivity index (χ0n) is 15.4. The van der Waals surface area contributed by atoms with E-state index in [1.807, 2.05) is 6.92 Å². The number of Topliss-reactive ketones (excluding diaryl/α,β-unsaturated/α-hetero) is 1. The lowest BCUT2D eigenvalue weighted by molar-refractivity contribution is -0.141. The summed E-state index contributed by atoms with van der Waals surface area (Å²) in [4.78, 5) is 35.5. The van der Waals surface area contributed by atoms with Crippen LogP contribution < -0.4 is 9.47 Å². The zero-order chi connectivity index (χ0) is 19.6. The summed E-state index contributed by atoms with van der Waals surface area (Å²) in [5, 5.41) is 0. The molecule has 27 heavy (non-hydrogen) atoms. The molecule has 0 bridgehead atoms. The van der Waals surface area contributed by atoms with Crippen molar-refractivity contribution in [1.29, 1.82) is 0 Å². The minimum absolute atomic E-state index is 0.229. The Kier molecular flexibility index (Phi) is 7.55. The molecular weight excluding hydrogens is 348 g/mol. The molecule has 0 amide bonds. The van der Waals surface area contributed by atoms with E-state index in [-0.39, 0.29) is 18.8 Å². The van der Waals surface area contributed by atoms with Gasteiger partial charge in [-0.25, -0.2) is 4.79 Å². The van der Waals surface area contributed by atoms with Gasteiger partial charge in [-0.2, -0.15) is 0 Å². The second-order valence-corrected chi connectivity index (χ2v) is 5.69. The zero-order valence-corrected chi connectivity index (χ0v) is 15.4. The van der Waals surface area contributed by atoms with E-state index in [0.717, 1.165) is 6.42 Å². The molecule has 0 atom stereocenters. The molecule has 0 aromatic heterocycles. The van der Waals surface area contributed by atoms with E-state index >= 15 is 0 Å². The van der Waals surface area contributed by atoms with Gasteiger partial charge in [0.1, 0.15) is 17.9 Å². The van der Waals surface area contributed by atoms with E-state index < -0.39 is 11.9 Å². The van der Waals surface area contributed by atoms with Gasteiger partial charge in [0.25, 0.3) is 0 Å². The summed E-state index contributed by atoms with van der Waals surface area (Å²) in [5.41, 5.74) is 0.738. The standard InChI is InChI=1S/C21H22O6/c1-3-13-26-17-9-7-16(8-10-17)21(24)27-18-11-5-15(6-12-18)19(22)14-20(23)25-4-2/h5-12H,3-4,13-14H2,1-2H3. The van der Waals surface area contributed by atoms with Crippen LogP contribution in [0.4, 0.5) is 0 Å². The van der Waals surface area contributed by atoms with Crippen LogP contribution in [0.15, 0.2) is 48.5 Å².